The first kappa shape index (κ1) is 18.5. The van der Waals surface area contributed by atoms with Crippen molar-refractivity contribution in [3.05, 3.63) is 28.2 Å². The Balaban J connectivity index is 1.98. The lowest BCUT2D eigenvalue weighted by molar-refractivity contribution is -0.122. The van der Waals surface area contributed by atoms with Gasteiger partial charge in [-0.3, -0.25) is 4.79 Å². The van der Waals surface area contributed by atoms with Crippen LogP contribution in [-0.4, -0.2) is 39.6 Å². The molecule has 2 rings (SSSR count). The standard InChI is InChI=1S/C14H18Cl2N2O4S/c1-9(14(19)17-8-11-3-2-6-22-11)18-23(20,21)13-7-10(15)4-5-12(13)16/h4-5,7,9,11,18H,2-3,6,8H2,1H3,(H,17,19)/t9-,11+/m1/s1. The van der Waals surface area contributed by atoms with Gasteiger partial charge in [0.2, 0.25) is 15.9 Å². The lowest BCUT2D eigenvalue weighted by Gasteiger charge is -2.17. The second-order valence-electron chi connectivity index (χ2n) is 5.30. The molecule has 2 atom stereocenters. The quantitative estimate of drug-likeness (QED) is 0.789. The van der Waals surface area contributed by atoms with Gasteiger partial charge in [0.15, 0.2) is 0 Å². The maximum absolute atomic E-state index is 12.3. The highest BCUT2D eigenvalue weighted by atomic mass is 35.5. The van der Waals surface area contributed by atoms with E-state index in [1.165, 1.54) is 25.1 Å². The molecule has 0 unspecified atom stereocenters. The van der Waals surface area contributed by atoms with Gasteiger partial charge in [-0.2, -0.15) is 4.72 Å². The van der Waals surface area contributed by atoms with Gasteiger partial charge in [-0.15, -0.1) is 0 Å². The van der Waals surface area contributed by atoms with E-state index < -0.39 is 22.0 Å². The highest BCUT2D eigenvalue weighted by Crippen LogP contribution is 2.25. The molecule has 6 nitrogen and oxygen atoms in total. The Morgan fingerprint density at radius 1 is 1.43 bits per heavy atom. The van der Waals surface area contributed by atoms with E-state index in [-0.39, 0.29) is 21.0 Å². The summed E-state index contributed by atoms with van der Waals surface area (Å²) in [6, 6.07) is 3.17. The van der Waals surface area contributed by atoms with E-state index in [9.17, 15) is 13.2 Å². The largest absolute Gasteiger partial charge is 0.376 e. The monoisotopic (exact) mass is 380 g/mol. The minimum absolute atomic E-state index is 0.00914. The van der Waals surface area contributed by atoms with Gasteiger partial charge in [-0.25, -0.2) is 8.42 Å². The Hall–Kier alpha value is -0.860. The van der Waals surface area contributed by atoms with Gasteiger partial charge in [0.1, 0.15) is 4.90 Å². The van der Waals surface area contributed by atoms with Crippen LogP contribution >= 0.6 is 23.2 Å². The van der Waals surface area contributed by atoms with Crippen molar-refractivity contribution >= 4 is 39.1 Å². The summed E-state index contributed by atoms with van der Waals surface area (Å²) in [4.78, 5) is 11.8. The lowest BCUT2D eigenvalue weighted by atomic mass is 10.2. The van der Waals surface area contributed by atoms with Crippen LogP contribution in [0.25, 0.3) is 0 Å². The Morgan fingerprint density at radius 2 is 2.17 bits per heavy atom. The number of nitrogens with one attached hydrogen (secondary N) is 2. The molecule has 2 N–H and O–H groups in total. The summed E-state index contributed by atoms with van der Waals surface area (Å²) in [5.74, 6) is -0.428. The number of hydrogen-bond donors (Lipinski definition) is 2. The van der Waals surface area contributed by atoms with Gasteiger partial charge in [0, 0.05) is 18.2 Å². The third-order valence-corrected chi connectivity index (χ3v) is 5.69. The topological polar surface area (TPSA) is 84.5 Å². The van der Waals surface area contributed by atoms with Crippen molar-refractivity contribution in [3.8, 4) is 0 Å². The van der Waals surface area contributed by atoms with E-state index in [1.807, 2.05) is 0 Å². The maximum atomic E-state index is 12.3. The zero-order valence-electron chi connectivity index (χ0n) is 12.5. The molecule has 1 fully saturated rings. The molecule has 1 aromatic carbocycles. The predicted octanol–water partition coefficient (Wildman–Crippen LogP) is 1.96. The van der Waals surface area contributed by atoms with Gasteiger partial charge in [0.05, 0.1) is 17.2 Å². The van der Waals surface area contributed by atoms with Crippen molar-refractivity contribution < 1.29 is 17.9 Å². The van der Waals surface area contributed by atoms with Crippen molar-refractivity contribution in [1.29, 1.82) is 0 Å². The summed E-state index contributed by atoms with van der Waals surface area (Å²) in [5, 5.41) is 2.95. The van der Waals surface area contributed by atoms with E-state index in [1.54, 1.807) is 0 Å². The molecular weight excluding hydrogens is 363 g/mol. The third-order valence-electron chi connectivity index (χ3n) is 3.44. The first-order valence-corrected chi connectivity index (χ1v) is 9.40. The van der Waals surface area contributed by atoms with E-state index in [2.05, 4.69) is 10.0 Å². The van der Waals surface area contributed by atoms with Crippen LogP contribution in [0.15, 0.2) is 23.1 Å². The van der Waals surface area contributed by atoms with Crippen molar-refractivity contribution in [1.82, 2.24) is 10.0 Å². The molecule has 1 heterocycles. The fourth-order valence-corrected chi connectivity index (χ4v) is 4.17. The van der Waals surface area contributed by atoms with Crippen LogP contribution in [0.1, 0.15) is 19.8 Å². The zero-order chi connectivity index (χ0) is 17.0. The Bertz CT molecular complexity index is 675. The minimum Gasteiger partial charge on any atom is -0.376 e. The smallest absolute Gasteiger partial charge is 0.242 e. The van der Waals surface area contributed by atoms with Crippen LogP contribution in [0, 0.1) is 0 Å². The molecule has 1 aromatic rings. The molecule has 1 aliphatic rings. The van der Waals surface area contributed by atoms with Gasteiger partial charge >= 0.3 is 0 Å². The second-order valence-corrected chi connectivity index (χ2v) is 7.82. The maximum Gasteiger partial charge on any atom is 0.242 e. The number of benzene rings is 1. The summed E-state index contributed by atoms with van der Waals surface area (Å²) < 4.78 is 32.3. The van der Waals surface area contributed by atoms with Gasteiger partial charge in [-0.1, -0.05) is 23.2 Å². The molecule has 23 heavy (non-hydrogen) atoms. The number of halogens is 2. The van der Waals surface area contributed by atoms with Crippen LogP contribution < -0.4 is 10.0 Å². The molecule has 0 radical (unpaired) electrons. The first-order chi connectivity index (χ1) is 10.8. The summed E-state index contributed by atoms with van der Waals surface area (Å²) in [6.07, 6.45) is 1.85. The van der Waals surface area contributed by atoms with Crippen LogP contribution in [0.3, 0.4) is 0 Å². The first-order valence-electron chi connectivity index (χ1n) is 7.16. The number of hydrogen-bond acceptors (Lipinski definition) is 4. The molecule has 1 aliphatic heterocycles. The second kappa shape index (κ2) is 7.81. The average Bonchev–Trinajstić information content (AvgIpc) is 3.00. The van der Waals surface area contributed by atoms with Crippen molar-refractivity contribution in [2.75, 3.05) is 13.2 Å². The minimum atomic E-state index is -3.95. The van der Waals surface area contributed by atoms with Gasteiger partial charge in [0.25, 0.3) is 0 Å². The molecule has 0 saturated carbocycles. The van der Waals surface area contributed by atoms with Crippen molar-refractivity contribution in [3.63, 3.8) is 0 Å². The molecule has 0 aliphatic carbocycles. The fraction of sp³-hybridized carbons (Fsp3) is 0.500. The summed E-state index contributed by atoms with van der Waals surface area (Å²) in [7, 11) is -3.95. The number of amides is 1. The fourth-order valence-electron chi connectivity index (χ4n) is 2.21. The summed E-state index contributed by atoms with van der Waals surface area (Å²) >= 11 is 11.7. The summed E-state index contributed by atoms with van der Waals surface area (Å²) in [5.41, 5.74) is 0. The van der Waals surface area contributed by atoms with Crippen LogP contribution in [0.4, 0.5) is 0 Å². The van der Waals surface area contributed by atoms with Crippen LogP contribution in [-0.2, 0) is 19.6 Å². The van der Waals surface area contributed by atoms with Crippen molar-refractivity contribution in [2.24, 2.45) is 0 Å². The van der Waals surface area contributed by atoms with Gasteiger partial charge in [-0.05, 0) is 38.0 Å². The highest BCUT2D eigenvalue weighted by Gasteiger charge is 2.25. The SMILES string of the molecule is C[C@@H](NS(=O)(=O)c1cc(Cl)ccc1Cl)C(=O)NC[C@@H]1CCCO1. The molecule has 9 heteroatoms. The van der Waals surface area contributed by atoms with E-state index in [0.717, 1.165) is 12.8 Å². The van der Waals surface area contributed by atoms with E-state index >= 15 is 0 Å². The molecule has 0 bridgehead atoms. The van der Waals surface area contributed by atoms with E-state index in [4.69, 9.17) is 27.9 Å². The molecule has 0 aromatic heterocycles. The number of rotatable bonds is 6. The Labute approximate surface area is 145 Å². The molecule has 1 saturated heterocycles. The lowest BCUT2D eigenvalue weighted by Crippen LogP contribution is -2.46. The van der Waals surface area contributed by atoms with Crippen molar-refractivity contribution in [2.45, 2.75) is 36.8 Å². The van der Waals surface area contributed by atoms with E-state index in [0.29, 0.717) is 13.2 Å². The highest BCUT2D eigenvalue weighted by molar-refractivity contribution is 7.89. The predicted molar refractivity (Wildman–Crippen MR) is 88.2 cm³/mol. The third kappa shape index (κ3) is 5.06. The molecular formula is C14H18Cl2N2O4S. The number of carbonyl (C=O) groups excluding carboxylic acids is 1. The molecule has 128 valence electrons. The molecule has 0 spiro atoms. The average molecular weight is 381 g/mol. The number of carbonyl (C=O) groups is 1. The van der Waals surface area contributed by atoms with Crippen LogP contribution in [0.5, 0.6) is 0 Å². The number of ether oxygens (including phenoxy) is 1. The zero-order valence-corrected chi connectivity index (χ0v) is 14.8. The Kier molecular flexibility index (Phi) is 6.27. The summed E-state index contributed by atoms with van der Waals surface area (Å²) in [6.45, 7) is 2.51. The molecule has 1 amide bonds. The van der Waals surface area contributed by atoms with Gasteiger partial charge < -0.3 is 10.1 Å². The number of sulfonamides is 1. The normalized spacial score (nSPS) is 19.5. The van der Waals surface area contributed by atoms with Crippen LogP contribution in [0.2, 0.25) is 10.0 Å². The Morgan fingerprint density at radius 3 is 2.83 bits per heavy atom.